The Kier molecular flexibility index (Phi) is 6.54. The van der Waals surface area contributed by atoms with E-state index in [0.29, 0.717) is 22.8 Å². The molecule has 0 unspecified atom stereocenters. The summed E-state index contributed by atoms with van der Waals surface area (Å²) in [5.41, 5.74) is 0.917. The average molecular weight is 505 g/mol. The van der Waals surface area contributed by atoms with Crippen LogP contribution in [0.25, 0.3) is 27.4 Å². The standard InChI is InChI=1S/C27H16Cl2F2N4/c1-27(2,22-8-4-6-20(34-22)15-10-12-18(28)17(14-32)24(15)30)23-9-5-7-21(35-23)16-11-13-19(29)26(33-3)25(16)31/h4-13H,1-2H3. The maximum Gasteiger partial charge on any atom is 0.240 e. The van der Waals surface area contributed by atoms with Gasteiger partial charge in [-0.1, -0.05) is 47.5 Å². The number of aromatic nitrogens is 2. The van der Waals surface area contributed by atoms with Gasteiger partial charge < -0.3 is 0 Å². The molecule has 0 atom stereocenters. The summed E-state index contributed by atoms with van der Waals surface area (Å²) in [5.74, 6) is -1.47. The molecular weight excluding hydrogens is 489 g/mol. The Labute approximate surface area is 211 Å². The number of benzene rings is 2. The zero-order valence-electron chi connectivity index (χ0n) is 18.6. The van der Waals surface area contributed by atoms with Crippen molar-refractivity contribution in [1.82, 2.24) is 9.97 Å². The molecule has 0 fully saturated rings. The third kappa shape index (κ3) is 4.35. The number of rotatable bonds is 4. The van der Waals surface area contributed by atoms with Gasteiger partial charge in [-0.05, 0) is 50.2 Å². The van der Waals surface area contributed by atoms with Crippen LogP contribution in [0.5, 0.6) is 0 Å². The molecule has 2 heterocycles. The van der Waals surface area contributed by atoms with Crippen LogP contribution in [0.15, 0.2) is 60.7 Å². The van der Waals surface area contributed by atoms with Crippen LogP contribution in [0.1, 0.15) is 30.8 Å². The molecule has 2 aromatic heterocycles. The summed E-state index contributed by atoms with van der Waals surface area (Å²) in [6.07, 6.45) is 0. The summed E-state index contributed by atoms with van der Waals surface area (Å²) in [5, 5.41) is 9.30. The summed E-state index contributed by atoms with van der Waals surface area (Å²) in [7, 11) is 0. The van der Waals surface area contributed by atoms with Gasteiger partial charge in [0.2, 0.25) is 5.69 Å². The average Bonchev–Trinajstić information content (AvgIpc) is 2.85. The van der Waals surface area contributed by atoms with Gasteiger partial charge in [-0.2, -0.15) is 5.26 Å². The van der Waals surface area contributed by atoms with E-state index in [2.05, 4.69) is 14.8 Å². The fourth-order valence-electron chi connectivity index (χ4n) is 3.69. The molecule has 8 heteroatoms. The van der Waals surface area contributed by atoms with Crippen molar-refractivity contribution in [2.45, 2.75) is 19.3 Å². The zero-order chi connectivity index (χ0) is 25.3. The van der Waals surface area contributed by atoms with Crippen molar-refractivity contribution in [3.8, 4) is 28.6 Å². The Bertz CT molecular complexity index is 1440. The quantitative estimate of drug-likeness (QED) is 0.263. The van der Waals surface area contributed by atoms with Crippen molar-refractivity contribution in [3.63, 3.8) is 0 Å². The molecule has 0 saturated carbocycles. The van der Waals surface area contributed by atoms with Crippen molar-refractivity contribution < 1.29 is 8.78 Å². The maximum atomic E-state index is 14.9. The topological polar surface area (TPSA) is 53.9 Å². The van der Waals surface area contributed by atoms with E-state index in [1.165, 1.54) is 24.3 Å². The molecular formula is C27H16Cl2F2N4. The van der Waals surface area contributed by atoms with E-state index in [4.69, 9.17) is 29.8 Å². The van der Waals surface area contributed by atoms with Gasteiger partial charge in [-0.3, -0.25) is 9.97 Å². The van der Waals surface area contributed by atoms with E-state index in [1.807, 2.05) is 13.8 Å². The van der Waals surface area contributed by atoms with E-state index in [-0.39, 0.29) is 32.4 Å². The maximum absolute atomic E-state index is 14.9. The van der Waals surface area contributed by atoms with E-state index in [9.17, 15) is 14.0 Å². The van der Waals surface area contributed by atoms with Gasteiger partial charge >= 0.3 is 0 Å². The van der Waals surface area contributed by atoms with E-state index in [0.717, 1.165) is 0 Å². The fraction of sp³-hybridized carbons (Fsp3) is 0.111. The van der Waals surface area contributed by atoms with Gasteiger partial charge in [0.1, 0.15) is 17.4 Å². The highest BCUT2D eigenvalue weighted by molar-refractivity contribution is 6.33. The Balaban J connectivity index is 1.79. The van der Waals surface area contributed by atoms with Crippen LogP contribution in [-0.4, -0.2) is 9.97 Å². The van der Waals surface area contributed by atoms with Crippen molar-refractivity contribution in [3.05, 3.63) is 111 Å². The summed E-state index contributed by atoms with van der Waals surface area (Å²) in [4.78, 5) is 12.5. The molecule has 0 bridgehead atoms. The van der Waals surface area contributed by atoms with Gasteiger partial charge in [0.05, 0.1) is 39.4 Å². The molecule has 0 saturated heterocycles. The van der Waals surface area contributed by atoms with Crippen LogP contribution >= 0.6 is 23.2 Å². The number of hydrogen-bond acceptors (Lipinski definition) is 3. The van der Waals surface area contributed by atoms with Crippen molar-refractivity contribution >= 4 is 28.9 Å². The first-order valence-corrected chi connectivity index (χ1v) is 11.1. The van der Waals surface area contributed by atoms with E-state index >= 15 is 0 Å². The summed E-state index contributed by atoms with van der Waals surface area (Å²) in [6, 6.07) is 18.0. The lowest BCUT2D eigenvalue weighted by molar-refractivity contribution is 0.594. The van der Waals surface area contributed by atoms with Crippen molar-refractivity contribution in [2.24, 2.45) is 0 Å². The highest BCUT2D eigenvalue weighted by atomic mass is 35.5. The molecule has 0 aliphatic rings. The molecule has 4 aromatic rings. The van der Waals surface area contributed by atoms with Gasteiger partial charge in [-0.25, -0.2) is 13.6 Å². The minimum absolute atomic E-state index is 0.0297. The lowest BCUT2D eigenvalue weighted by atomic mass is 9.84. The monoisotopic (exact) mass is 504 g/mol. The Morgan fingerprint density at radius 3 is 1.86 bits per heavy atom. The number of nitrogens with zero attached hydrogens (tertiary/aromatic N) is 4. The summed E-state index contributed by atoms with van der Waals surface area (Å²) < 4.78 is 29.8. The number of halogens is 4. The van der Waals surface area contributed by atoms with Crippen LogP contribution < -0.4 is 0 Å². The molecule has 172 valence electrons. The first-order valence-electron chi connectivity index (χ1n) is 10.4. The van der Waals surface area contributed by atoms with Crippen LogP contribution in [0.4, 0.5) is 14.5 Å². The molecule has 4 nitrogen and oxygen atoms in total. The first kappa shape index (κ1) is 24.3. The molecule has 0 radical (unpaired) electrons. The smallest absolute Gasteiger partial charge is 0.240 e. The molecule has 0 spiro atoms. The van der Waals surface area contributed by atoms with Crippen molar-refractivity contribution in [1.29, 1.82) is 5.26 Å². The fourth-order valence-corrected chi connectivity index (χ4v) is 4.07. The minimum atomic E-state index is -0.751. The molecule has 0 N–H and O–H groups in total. The Hall–Kier alpha value is -3.84. The molecule has 0 aliphatic heterocycles. The lowest BCUT2D eigenvalue weighted by Gasteiger charge is -2.25. The Morgan fingerprint density at radius 1 is 0.829 bits per heavy atom. The Morgan fingerprint density at radius 2 is 1.34 bits per heavy atom. The largest absolute Gasteiger partial charge is 0.252 e. The lowest BCUT2D eigenvalue weighted by Crippen LogP contribution is -2.22. The van der Waals surface area contributed by atoms with Crippen LogP contribution in [0.3, 0.4) is 0 Å². The third-order valence-corrected chi connectivity index (χ3v) is 6.33. The molecule has 0 amide bonds. The second-order valence-corrected chi connectivity index (χ2v) is 9.02. The van der Waals surface area contributed by atoms with E-state index in [1.54, 1.807) is 42.5 Å². The normalized spacial score (nSPS) is 11.1. The van der Waals surface area contributed by atoms with Gasteiger partial charge in [0, 0.05) is 16.5 Å². The number of nitriles is 1. The molecule has 4 rings (SSSR count). The predicted molar refractivity (Wildman–Crippen MR) is 132 cm³/mol. The zero-order valence-corrected chi connectivity index (χ0v) is 20.1. The molecule has 35 heavy (non-hydrogen) atoms. The third-order valence-electron chi connectivity index (χ3n) is 5.71. The van der Waals surface area contributed by atoms with Crippen LogP contribution in [-0.2, 0) is 5.41 Å². The first-order chi connectivity index (χ1) is 16.7. The number of pyridine rings is 2. The second kappa shape index (κ2) is 9.43. The van der Waals surface area contributed by atoms with Gasteiger partial charge in [-0.15, -0.1) is 0 Å². The SMILES string of the molecule is [C-]#[N+]c1c(Cl)ccc(-c2cccc(C(C)(C)c3cccc(-c4ccc(Cl)c(C#N)c4F)n3)n2)c1F. The van der Waals surface area contributed by atoms with Crippen molar-refractivity contribution in [2.75, 3.05) is 0 Å². The number of hydrogen-bond donors (Lipinski definition) is 0. The second-order valence-electron chi connectivity index (χ2n) is 8.21. The molecule has 2 aromatic carbocycles. The van der Waals surface area contributed by atoms with E-state index < -0.39 is 17.0 Å². The molecule has 0 aliphatic carbocycles. The predicted octanol–water partition coefficient (Wildman–Crippen LogP) is 8.14. The van der Waals surface area contributed by atoms with Gasteiger partial charge in [0.15, 0.2) is 5.82 Å². The summed E-state index contributed by atoms with van der Waals surface area (Å²) >= 11 is 11.9. The highest BCUT2D eigenvalue weighted by Crippen LogP contribution is 2.37. The van der Waals surface area contributed by atoms with Crippen LogP contribution in [0, 0.1) is 29.5 Å². The summed E-state index contributed by atoms with van der Waals surface area (Å²) in [6.45, 7) is 11.0. The van der Waals surface area contributed by atoms with Gasteiger partial charge in [0.25, 0.3) is 0 Å². The highest BCUT2D eigenvalue weighted by Gasteiger charge is 2.28. The van der Waals surface area contributed by atoms with Crippen LogP contribution in [0.2, 0.25) is 10.0 Å². The minimum Gasteiger partial charge on any atom is -0.252 e.